The van der Waals surface area contributed by atoms with Gasteiger partial charge in [0.25, 0.3) is 0 Å². The van der Waals surface area contributed by atoms with E-state index >= 15 is 0 Å². The van der Waals surface area contributed by atoms with Crippen LogP contribution < -0.4 is 5.32 Å². The van der Waals surface area contributed by atoms with E-state index in [0.29, 0.717) is 0 Å². The highest BCUT2D eigenvalue weighted by atomic mass is 16.5. The SMILES string of the molecule is CCCCCCCCCC1=C(C)[N]C=CO1. The predicted octanol–water partition coefficient (Wildman–Crippen LogP) is 4.46. The fourth-order valence-electron chi connectivity index (χ4n) is 1.89. The van der Waals surface area contributed by atoms with Gasteiger partial charge in [-0.05, 0) is 13.3 Å². The van der Waals surface area contributed by atoms with Crippen LogP contribution in [-0.2, 0) is 4.74 Å². The van der Waals surface area contributed by atoms with E-state index in [1.165, 1.54) is 44.9 Å². The fraction of sp³-hybridized carbons (Fsp3) is 0.714. The summed E-state index contributed by atoms with van der Waals surface area (Å²) in [6, 6.07) is 0. The number of hydrogen-bond donors (Lipinski definition) is 0. The summed E-state index contributed by atoms with van der Waals surface area (Å²) in [6.45, 7) is 4.27. The summed E-state index contributed by atoms with van der Waals surface area (Å²) < 4.78 is 5.44. The molecule has 1 heterocycles. The minimum Gasteiger partial charge on any atom is -0.466 e. The van der Waals surface area contributed by atoms with Gasteiger partial charge in [0.05, 0.1) is 11.9 Å². The van der Waals surface area contributed by atoms with Crippen LogP contribution >= 0.6 is 0 Å². The number of unbranched alkanes of at least 4 members (excludes halogenated alkanes) is 6. The summed E-state index contributed by atoms with van der Waals surface area (Å²) in [5.41, 5.74) is 1.04. The Bertz CT molecular complexity index is 243. The van der Waals surface area contributed by atoms with Crippen LogP contribution in [0.3, 0.4) is 0 Å². The zero-order chi connectivity index (χ0) is 11.6. The van der Waals surface area contributed by atoms with Gasteiger partial charge in [-0.15, -0.1) is 0 Å². The van der Waals surface area contributed by atoms with Crippen molar-refractivity contribution in [2.45, 2.75) is 65.2 Å². The van der Waals surface area contributed by atoms with Crippen molar-refractivity contribution in [1.82, 2.24) is 5.32 Å². The topological polar surface area (TPSA) is 23.3 Å². The number of allylic oxidation sites excluding steroid dienone is 2. The number of rotatable bonds is 8. The van der Waals surface area contributed by atoms with Gasteiger partial charge in [-0.2, -0.15) is 0 Å². The van der Waals surface area contributed by atoms with Crippen LogP contribution in [-0.4, -0.2) is 0 Å². The summed E-state index contributed by atoms with van der Waals surface area (Å²) in [6.07, 6.45) is 13.8. The molecule has 1 aliphatic heterocycles. The summed E-state index contributed by atoms with van der Waals surface area (Å²) in [7, 11) is 0. The molecule has 2 heteroatoms. The van der Waals surface area contributed by atoms with E-state index in [4.69, 9.17) is 4.74 Å². The van der Waals surface area contributed by atoms with E-state index in [9.17, 15) is 0 Å². The van der Waals surface area contributed by atoms with Crippen LogP contribution in [0.4, 0.5) is 0 Å². The van der Waals surface area contributed by atoms with Crippen LogP contribution in [0.15, 0.2) is 23.9 Å². The lowest BCUT2D eigenvalue weighted by Crippen LogP contribution is -2.04. The second kappa shape index (κ2) is 8.26. The Labute approximate surface area is 99.8 Å². The van der Waals surface area contributed by atoms with Crippen molar-refractivity contribution in [1.29, 1.82) is 0 Å². The molecule has 0 aromatic heterocycles. The van der Waals surface area contributed by atoms with Crippen LogP contribution in [0, 0.1) is 0 Å². The van der Waals surface area contributed by atoms with Crippen LogP contribution in [0.5, 0.6) is 0 Å². The minimum absolute atomic E-state index is 1.04. The fourth-order valence-corrected chi connectivity index (χ4v) is 1.89. The van der Waals surface area contributed by atoms with Gasteiger partial charge >= 0.3 is 0 Å². The molecule has 16 heavy (non-hydrogen) atoms. The molecular formula is C14H24NO. The van der Waals surface area contributed by atoms with E-state index in [-0.39, 0.29) is 0 Å². The molecule has 0 aliphatic carbocycles. The maximum absolute atomic E-state index is 5.44. The molecule has 1 radical (unpaired) electrons. The standard InChI is InChI=1S/C14H24NO/c1-3-4-5-6-7-8-9-10-14-13(2)15-11-12-16-14/h11-12H,3-10H2,1-2H3. The Morgan fingerprint density at radius 3 is 2.44 bits per heavy atom. The molecular weight excluding hydrogens is 198 g/mol. The van der Waals surface area contributed by atoms with E-state index in [1.54, 1.807) is 12.5 Å². The first-order valence-electron chi connectivity index (χ1n) is 6.57. The molecule has 0 saturated heterocycles. The number of ether oxygens (including phenoxy) is 1. The number of nitrogens with zero attached hydrogens (tertiary/aromatic N) is 1. The largest absolute Gasteiger partial charge is 0.466 e. The lowest BCUT2D eigenvalue weighted by atomic mass is 10.1. The van der Waals surface area contributed by atoms with Gasteiger partial charge in [0.15, 0.2) is 0 Å². The normalized spacial score (nSPS) is 14.9. The molecule has 0 aromatic carbocycles. The van der Waals surface area contributed by atoms with E-state index < -0.39 is 0 Å². The van der Waals surface area contributed by atoms with Crippen molar-refractivity contribution in [3.05, 3.63) is 23.9 Å². The van der Waals surface area contributed by atoms with Gasteiger partial charge in [-0.3, -0.25) is 5.32 Å². The third-order valence-corrected chi connectivity index (χ3v) is 2.95. The summed E-state index contributed by atoms with van der Waals surface area (Å²) in [5.74, 6) is 1.05. The Hall–Kier alpha value is -0.920. The van der Waals surface area contributed by atoms with Gasteiger partial charge in [-0.1, -0.05) is 45.4 Å². The highest BCUT2D eigenvalue weighted by Gasteiger charge is 2.06. The molecule has 0 spiro atoms. The highest BCUT2D eigenvalue weighted by Crippen LogP contribution is 2.18. The number of hydrogen-bond acceptors (Lipinski definition) is 1. The molecule has 91 valence electrons. The van der Waals surface area contributed by atoms with E-state index in [1.807, 2.05) is 6.92 Å². The molecule has 0 atom stereocenters. The summed E-state index contributed by atoms with van der Waals surface area (Å²) in [4.78, 5) is 0. The van der Waals surface area contributed by atoms with Gasteiger partial charge in [-0.25, -0.2) is 0 Å². The van der Waals surface area contributed by atoms with Gasteiger partial charge < -0.3 is 4.74 Å². The van der Waals surface area contributed by atoms with Gasteiger partial charge in [0.1, 0.15) is 12.0 Å². The summed E-state index contributed by atoms with van der Waals surface area (Å²) >= 11 is 0. The van der Waals surface area contributed by atoms with Gasteiger partial charge in [0.2, 0.25) is 0 Å². The third kappa shape index (κ3) is 5.24. The molecule has 0 fully saturated rings. The van der Waals surface area contributed by atoms with Gasteiger partial charge in [0, 0.05) is 6.42 Å². The molecule has 0 N–H and O–H groups in total. The average molecular weight is 222 g/mol. The first-order chi connectivity index (χ1) is 7.84. The predicted molar refractivity (Wildman–Crippen MR) is 67.7 cm³/mol. The Morgan fingerprint density at radius 1 is 1.06 bits per heavy atom. The highest BCUT2D eigenvalue weighted by molar-refractivity contribution is 5.10. The van der Waals surface area contributed by atoms with Crippen LogP contribution in [0.1, 0.15) is 65.2 Å². The quantitative estimate of drug-likeness (QED) is 0.556. The van der Waals surface area contributed by atoms with Crippen molar-refractivity contribution in [3.63, 3.8) is 0 Å². The molecule has 0 bridgehead atoms. The monoisotopic (exact) mass is 222 g/mol. The molecule has 1 aliphatic rings. The lowest BCUT2D eigenvalue weighted by molar-refractivity contribution is 0.308. The first kappa shape index (κ1) is 13.1. The maximum atomic E-state index is 5.44. The zero-order valence-corrected chi connectivity index (χ0v) is 10.7. The molecule has 0 aromatic rings. The lowest BCUT2D eigenvalue weighted by Gasteiger charge is -2.13. The molecule has 1 rings (SSSR count). The van der Waals surface area contributed by atoms with Crippen molar-refractivity contribution in [2.75, 3.05) is 0 Å². The van der Waals surface area contributed by atoms with Crippen molar-refractivity contribution in [2.24, 2.45) is 0 Å². The van der Waals surface area contributed by atoms with Crippen molar-refractivity contribution >= 4 is 0 Å². The second-order valence-electron chi connectivity index (χ2n) is 4.41. The van der Waals surface area contributed by atoms with Crippen LogP contribution in [0.25, 0.3) is 0 Å². The Balaban J connectivity index is 1.98. The second-order valence-corrected chi connectivity index (χ2v) is 4.41. The van der Waals surface area contributed by atoms with E-state index in [2.05, 4.69) is 12.2 Å². The zero-order valence-electron chi connectivity index (χ0n) is 10.7. The Morgan fingerprint density at radius 2 is 1.75 bits per heavy atom. The Kier molecular flexibility index (Phi) is 6.78. The van der Waals surface area contributed by atoms with Crippen LogP contribution in [0.2, 0.25) is 0 Å². The smallest absolute Gasteiger partial charge is 0.124 e. The molecule has 0 unspecified atom stereocenters. The molecule has 0 saturated carbocycles. The van der Waals surface area contributed by atoms with Crippen molar-refractivity contribution in [3.8, 4) is 0 Å². The average Bonchev–Trinajstić information content (AvgIpc) is 2.30. The summed E-state index contributed by atoms with van der Waals surface area (Å²) in [5, 5.41) is 4.22. The third-order valence-electron chi connectivity index (χ3n) is 2.95. The van der Waals surface area contributed by atoms with Crippen molar-refractivity contribution < 1.29 is 4.74 Å². The molecule has 2 nitrogen and oxygen atoms in total. The first-order valence-corrected chi connectivity index (χ1v) is 6.57. The van der Waals surface area contributed by atoms with E-state index in [0.717, 1.165) is 17.9 Å². The molecule has 0 amide bonds. The maximum Gasteiger partial charge on any atom is 0.124 e. The minimum atomic E-state index is 1.04.